The molecular weight excluding hydrogens is 392 g/mol. The average molecular weight is 414 g/mol. The lowest BCUT2D eigenvalue weighted by atomic mass is 9.91. The normalized spacial score (nSPS) is 17.1. The Morgan fingerprint density at radius 3 is 2.52 bits per heavy atom. The van der Waals surface area contributed by atoms with E-state index >= 15 is 0 Å². The van der Waals surface area contributed by atoms with Crippen molar-refractivity contribution in [3.05, 3.63) is 58.1 Å². The molecule has 4 rings (SSSR count). The van der Waals surface area contributed by atoms with Gasteiger partial charge in [-0.25, -0.2) is 9.59 Å². The predicted molar refractivity (Wildman–Crippen MR) is 108 cm³/mol. The van der Waals surface area contributed by atoms with Gasteiger partial charge in [0.2, 0.25) is 0 Å². The van der Waals surface area contributed by atoms with Crippen molar-refractivity contribution in [1.82, 2.24) is 0 Å². The van der Waals surface area contributed by atoms with E-state index in [1.807, 2.05) is 19.9 Å². The minimum absolute atomic E-state index is 0.163. The number of hydrogen-bond donors (Lipinski definition) is 0. The van der Waals surface area contributed by atoms with Gasteiger partial charge in [-0.2, -0.15) is 0 Å². The molecule has 0 N–H and O–H groups in total. The molecule has 0 atom stereocenters. The third-order valence-electron chi connectivity index (χ3n) is 5.25. The highest BCUT2D eigenvalue weighted by Crippen LogP contribution is 2.49. The van der Waals surface area contributed by atoms with E-state index in [-0.39, 0.29) is 11.3 Å². The Kier molecular flexibility index (Phi) is 5.38. The number of hydrogen-bond acceptors (Lipinski definition) is 7. The first-order chi connectivity index (χ1) is 14.0. The van der Waals surface area contributed by atoms with Gasteiger partial charge < -0.3 is 18.9 Å². The fourth-order valence-electron chi connectivity index (χ4n) is 3.89. The zero-order chi connectivity index (χ0) is 20.6. The SMILES string of the molecule is COC(=O)c1ccccc1OC(=O)c1cc(C)c2c(c1C)C1(CCS2)OCCO1. The van der Waals surface area contributed by atoms with E-state index in [0.29, 0.717) is 18.8 Å². The lowest BCUT2D eigenvalue weighted by molar-refractivity contribution is -0.170. The van der Waals surface area contributed by atoms with Gasteiger partial charge in [0.15, 0.2) is 5.79 Å². The van der Waals surface area contributed by atoms with E-state index in [1.54, 1.807) is 36.0 Å². The number of rotatable bonds is 3. The van der Waals surface area contributed by atoms with Gasteiger partial charge in [0.25, 0.3) is 0 Å². The molecule has 29 heavy (non-hydrogen) atoms. The van der Waals surface area contributed by atoms with Gasteiger partial charge in [-0.3, -0.25) is 0 Å². The number of fused-ring (bicyclic) bond motifs is 2. The minimum Gasteiger partial charge on any atom is -0.465 e. The van der Waals surface area contributed by atoms with Crippen LogP contribution in [0, 0.1) is 13.8 Å². The molecule has 0 radical (unpaired) electrons. The van der Waals surface area contributed by atoms with Gasteiger partial charge in [0.05, 0.1) is 25.9 Å². The van der Waals surface area contributed by atoms with Gasteiger partial charge in [-0.15, -0.1) is 11.8 Å². The molecule has 0 aliphatic carbocycles. The topological polar surface area (TPSA) is 71.1 Å². The highest BCUT2D eigenvalue weighted by molar-refractivity contribution is 7.99. The molecule has 1 saturated heterocycles. The first-order valence-electron chi connectivity index (χ1n) is 9.42. The Balaban J connectivity index is 1.75. The molecule has 1 fully saturated rings. The molecule has 2 aromatic carbocycles. The summed E-state index contributed by atoms with van der Waals surface area (Å²) >= 11 is 1.75. The quantitative estimate of drug-likeness (QED) is 0.555. The summed E-state index contributed by atoms with van der Waals surface area (Å²) in [5, 5.41) is 0. The number of esters is 2. The number of benzene rings is 2. The molecule has 2 aliphatic heterocycles. The molecule has 2 heterocycles. The van der Waals surface area contributed by atoms with Crippen molar-refractivity contribution in [3.63, 3.8) is 0 Å². The van der Waals surface area contributed by atoms with E-state index < -0.39 is 17.7 Å². The number of thioether (sulfide) groups is 1. The standard InChI is InChI=1S/C22H22O6S/c1-13-12-16(21(24)28-17-7-5-4-6-15(17)20(23)25-3)14(2)18-19(13)29-11-8-22(18)26-9-10-27-22/h4-7,12H,8-11H2,1-3H3. The minimum atomic E-state index is -0.796. The van der Waals surface area contributed by atoms with Crippen molar-refractivity contribution < 1.29 is 28.5 Å². The van der Waals surface area contributed by atoms with Crippen molar-refractivity contribution in [2.24, 2.45) is 0 Å². The first-order valence-corrected chi connectivity index (χ1v) is 10.4. The molecule has 7 heteroatoms. The summed E-state index contributed by atoms with van der Waals surface area (Å²) < 4.78 is 22.4. The van der Waals surface area contributed by atoms with Crippen LogP contribution < -0.4 is 4.74 Å². The smallest absolute Gasteiger partial charge is 0.343 e. The van der Waals surface area contributed by atoms with E-state index in [0.717, 1.165) is 33.8 Å². The molecule has 2 aliphatic rings. The van der Waals surface area contributed by atoms with Crippen LogP contribution in [0.5, 0.6) is 5.75 Å². The molecule has 152 valence electrons. The maximum atomic E-state index is 13.1. The molecule has 1 spiro atoms. The van der Waals surface area contributed by atoms with E-state index in [4.69, 9.17) is 18.9 Å². The van der Waals surface area contributed by atoms with Crippen molar-refractivity contribution in [2.75, 3.05) is 26.1 Å². The Bertz CT molecular complexity index is 978. The van der Waals surface area contributed by atoms with Crippen molar-refractivity contribution in [1.29, 1.82) is 0 Å². The van der Waals surface area contributed by atoms with Crippen LogP contribution in [0.3, 0.4) is 0 Å². The summed E-state index contributed by atoms with van der Waals surface area (Å²) in [4.78, 5) is 26.2. The molecule has 2 aromatic rings. The Morgan fingerprint density at radius 2 is 1.79 bits per heavy atom. The number of para-hydroxylation sites is 1. The van der Waals surface area contributed by atoms with Crippen LogP contribution >= 0.6 is 11.8 Å². The van der Waals surface area contributed by atoms with Gasteiger partial charge in [-0.05, 0) is 43.2 Å². The maximum absolute atomic E-state index is 13.1. The predicted octanol–water partition coefficient (Wildman–Crippen LogP) is 4.00. The summed E-state index contributed by atoms with van der Waals surface area (Å²) in [5.41, 5.74) is 3.30. The lowest BCUT2D eigenvalue weighted by Crippen LogP contribution is -2.33. The van der Waals surface area contributed by atoms with E-state index in [9.17, 15) is 9.59 Å². The fourth-order valence-corrected chi connectivity index (χ4v) is 5.21. The first kappa shape index (κ1) is 19.9. The van der Waals surface area contributed by atoms with Crippen LogP contribution in [0.1, 0.15) is 43.8 Å². The molecule has 0 saturated carbocycles. The van der Waals surface area contributed by atoms with Gasteiger partial charge in [0, 0.05) is 22.6 Å². The van der Waals surface area contributed by atoms with Crippen molar-refractivity contribution >= 4 is 23.7 Å². The van der Waals surface area contributed by atoms with Crippen LogP contribution in [-0.4, -0.2) is 38.0 Å². The molecule has 0 unspecified atom stereocenters. The maximum Gasteiger partial charge on any atom is 0.343 e. The summed E-state index contributed by atoms with van der Waals surface area (Å²) in [6.45, 7) is 4.92. The van der Waals surface area contributed by atoms with Gasteiger partial charge in [0.1, 0.15) is 11.3 Å². The zero-order valence-corrected chi connectivity index (χ0v) is 17.4. The second kappa shape index (κ2) is 7.82. The number of methoxy groups -OCH3 is 1. The largest absolute Gasteiger partial charge is 0.465 e. The van der Waals surface area contributed by atoms with E-state index in [1.165, 1.54) is 7.11 Å². The van der Waals surface area contributed by atoms with E-state index in [2.05, 4.69) is 0 Å². The average Bonchev–Trinajstić information content (AvgIpc) is 3.18. The zero-order valence-electron chi connectivity index (χ0n) is 16.6. The molecule has 0 aromatic heterocycles. The third-order valence-corrected chi connectivity index (χ3v) is 6.48. The summed E-state index contributed by atoms with van der Waals surface area (Å²) in [5.74, 6) is -0.834. The molecular formula is C22H22O6S. The monoisotopic (exact) mass is 414 g/mol. The Labute approximate surface area is 173 Å². The highest BCUT2D eigenvalue weighted by Gasteiger charge is 2.45. The van der Waals surface area contributed by atoms with Gasteiger partial charge in [-0.1, -0.05) is 12.1 Å². The number of aryl methyl sites for hydroxylation is 1. The molecule has 0 bridgehead atoms. The number of carbonyl (C=O) groups is 2. The van der Waals surface area contributed by atoms with Crippen molar-refractivity contribution in [3.8, 4) is 5.75 Å². The van der Waals surface area contributed by atoms with Crippen LogP contribution in [0.25, 0.3) is 0 Å². The Morgan fingerprint density at radius 1 is 1.07 bits per heavy atom. The molecule has 6 nitrogen and oxygen atoms in total. The van der Waals surface area contributed by atoms with Crippen LogP contribution in [0.4, 0.5) is 0 Å². The van der Waals surface area contributed by atoms with Crippen LogP contribution in [-0.2, 0) is 20.0 Å². The lowest BCUT2D eigenvalue weighted by Gasteiger charge is -2.36. The Hall–Kier alpha value is -2.35. The second-order valence-corrected chi connectivity index (χ2v) is 8.10. The number of carbonyl (C=O) groups excluding carboxylic acids is 2. The third kappa shape index (κ3) is 3.43. The summed E-state index contributed by atoms with van der Waals surface area (Å²) in [7, 11) is 1.29. The van der Waals surface area contributed by atoms with Crippen molar-refractivity contribution in [2.45, 2.75) is 31.0 Å². The van der Waals surface area contributed by atoms with Crippen LogP contribution in [0.2, 0.25) is 0 Å². The highest BCUT2D eigenvalue weighted by atomic mass is 32.2. The summed E-state index contributed by atoms with van der Waals surface area (Å²) in [6.07, 6.45) is 0.731. The van der Waals surface area contributed by atoms with Gasteiger partial charge >= 0.3 is 11.9 Å². The molecule has 0 amide bonds. The summed E-state index contributed by atoms with van der Waals surface area (Å²) in [6, 6.07) is 8.36. The fraction of sp³-hybridized carbons (Fsp3) is 0.364. The number of ether oxygens (including phenoxy) is 4. The van der Waals surface area contributed by atoms with Crippen LogP contribution in [0.15, 0.2) is 35.2 Å². The second-order valence-electron chi connectivity index (χ2n) is 7.00.